The summed E-state index contributed by atoms with van der Waals surface area (Å²) in [5.41, 5.74) is 0.304. The molecule has 0 bridgehead atoms. The fourth-order valence-electron chi connectivity index (χ4n) is 4.23. The molecule has 1 aromatic carbocycles. The third-order valence-electron chi connectivity index (χ3n) is 6.23. The van der Waals surface area contributed by atoms with Crippen LogP contribution in [0, 0.1) is 0 Å². The normalized spacial score (nSPS) is 14.3. The Balaban J connectivity index is 1.54. The third kappa shape index (κ3) is 8.28. The maximum Gasteiger partial charge on any atom is 0.410 e. The molecule has 1 aliphatic heterocycles. The van der Waals surface area contributed by atoms with Crippen molar-refractivity contribution in [2.24, 2.45) is 0 Å². The van der Waals surface area contributed by atoms with Crippen LogP contribution in [0.2, 0.25) is 0 Å². The molecular formula is C28H38N4O5. The maximum atomic E-state index is 13.0. The van der Waals surface area contributed by atoms with Crippen molar-refractivity contribution in [3.05, 3.63) is 69.6 Å². The Morgan fingerprint density at radius 1 is 1.00 bits per heavy atom. The fraction of sp³-hybridized carbons (Fsp3) is 0.500. The lowest BCUT2D eigenvalue weighted by atomic mass is 10.0. The Labute approximate surface area is 218 Å². The number of aromatic nitrogens is 1. The van der Waals surface area contributed by atoms with E-state index >= 15 is 0 Å². The van der Waals surface area contributed by atoms with E-state index in [9.17, 15) is 19.2 Å². The van der Waals surface area contributed by atoms with Crippen molar-refractivity contribution >= 4 is 17.8 Å². The van der Waals surface area contributed by atoms with Gasteiger partial charge in [-0.1, -0.05) is 30.3 Å². The van der Waals surface area contributed by atoms with Gasteiger partial charge in [0.1, 0.15) is 11.2 Å². The Hall–Kier alpha value is -3.46. The van der Waals surface area contributed by atoms with E-state index in [1.54, 1.807) is 11.1 Å². The number of carbonyl (C=O) groups is 3. The Kier molecular flexibility index (Phi) is 9.63. The van der Waals surface area contributed by atoms with Crippen LogP contribution in [0.25, 0.3) is 0 Å². The quantitative estimate of drug-likeness (QED) is 0.411. The largest absolute Gasteiger partial charge is 0.444 e. The Morgan fingerprint density at radius 3 is 2.30 bits per heavy atom. The van der Waals surface area contributed by atoms with Crippen LogP contribution in [0.15, 0.2) is 47.4 Å². The zero-order chi connectivity index (χ0) is 27.0. The van der Waals surface area contributed by atoms with Gasteiger partial charge in [-0.25, -0.2) is 4.79 Å². The van der Waals surface area contributed by atoms with Crippen LogP contribution in [0.4, 0.5) is 4.79 Å². The number of carbonyl (C=O) groups excluding carboxylic acids is 3. The van der Waals surface area contributed by atoms with Gasteiger partial charge in [-0.3, -0.25) is 19.3 Å². The van der Waals surface area contributed by atoms with Gasteiger partial charge in [-0.05, 0) is 51.8 Å². The van der Waals surface area contributed by atoms with Crippen molar-refractivity contribution in [2.45, 2.75) is 52.2 Å². The lowest BCUT2D eigenvalue weighted by Gasteiger charge is -2.35. The molecule has 1 N–H and O–H groups in total. The van der Waals surface area contributed by atoms with Gasteiger partial charge in [0.05, 0.1) is 6.54 Å². The van der Waals surface area contributed by atoms with E-state index in [-0.39, 0.29) is 24.0 Å². The third-order valence-corrected chi connectivity index (χ3v) is 6.23. The van der Waals surface area contributed by atoms with Gasteiger partial charge in [0, 0.05) is 51.4 Å². The zero-order valence-electron chi connectivity index (χ0n) is 22.3. The first-order valence-electron chi connectivity index (χ1n) is 12.8. The predicted molar refractivity (Wildman–Crippen MR) is 142 cm³/mol. The van der Waals surface area contributed by atoms with Crippen LogP contribution in [-0.4, -0.2) is 77.5 Å². The second kappa shape index (κ2) is 12.7. The molecule has 9 heteroatoms. The predicted octanol–water partition coefficient (Wildman–Crippen LogP) is 3.16. The van der Waals surface area contributed by atoms with Crippen LogP contribution < -0.4 is 10.9 Å². The van der Waals surface area contributed by atoms with E-state index in [2.05, 4.69) is 10.2 Å². The van der Waals surface area contributed by atoms with Crippen molar-refractivity contribution < 1.29 is 19.1 Å². The van der Waals surface area contributed by atoms with Crippen LogP contribution in [0.5, 0.6) is 0 Å². The molecule has 1 fully saturated rings. The Bertz CT molecular complexity index is 1150. The number of unbranched alkanes of at least 4 members (excludes halogenated alkanes) is 1. The SMILES string of the molecule is CNC(=O)c1cc(C(=O)CCCCN2CCN(C(=O)OC(C)(C)C)CC2)cn(Cc2ccccc2)c1=O. The summed E-state index contributed by atoms with van der Waals surface area (Å²) in [6.45, 7) is 9.49. The first kappa shape index (κ1) is 28.1. The highest BCUT2D eigenvalue weighted by molar-refractivity contribution is 6.00. The highest BCUT2D eigenvalue weighted by Gasteiger charge is 2.25. The maximum absolute atomic E-state index is 13.0. The molecule has 37 heavy (non-hydrogen) atoms. The van der Waals surface area contributed by atoms with Gasteiger partial charge in [0.25, 0.3) is 11.5 Å². The Morgan fingerprint density at radius 2 is 1.68 bits per heavy atom. The van der Waals surface area contributed by atoms with Crippen molar-refractivity contribution in [2.75, 3.05) is 39.8 Å². The van der Waals surface area contributed by atoms with Crippen molar-refractivity contribution in [3.8, 4) is 0 Å². The van der Waals surface area contributed by atoms with Gasteiger partial charge >= 0.3 is 6.09 Å². The van der Waals surface area contributed by atoms with Crippen molar-refractivity contribution in [3.63, 3.8) is 0 Å². The molecule has 0 unspecified atom stereocenters. The minimum atomic E-state index is -0.507. The van der Waals surface area contributed by atoms with Crippen molar-refractivity contribution in [1.82, 2.24) is 19.7 Å². The number of Topliss-reactive ketones (excluding diaryl/α,β-unsaturated/α-hetero) is 1. The summed E-state index contributed by atoms with van der Waals surface area (Å²) < 4.78 is 6.87. The topological polar surface area (TPSA) is 101 Å². The smallest absolute Gasteiger partial charge is 0.410 e. The average molecular weight is 511 g/mol. The first-order valence-corrected chi connectivity index (χ1v) is 12.8. The average Bonchev–Trinajstić information content (AvgIpc) is 2.87. The molecule has 1 aromatic heterocycles. The molecule has 1 aliphatic rings. The highest BCUT2D eigenvalue weighted by atomic mass is 16.6. The number of nitrogens with zero attached hydrogens (tertiary/aromatic N) is 3. The zero-order valence-corrected chi connectivity index (χ0v) is 22.3. The van der Waals surface area contributed by atoms with Gasteiger partial charge in [0.15, 0.2) is 5.78 Å². The number of piperazine rings is 1. The van der Waals surface area contributed by atoms with Gasteiger partial charge in [0.2, 0.25) is 0 Å². The molecule has 0 spiro atoms. The van der Waals surface area contributed by atoms with Crippen LogP contribution in [-0.2, 0) is 11.3 Å². The van der Waals surface area contributed by atoms with Crippen LogP contribution >= 0.6 is 0 Å². The molecule has 2 heterocycles. The monoisotopic (exact) mass is 510 g/mol. The van der Waals surface area contributed by atoms with Gasteiger partial charge < -0.3 is 19.5 Å². The van der Waals surface area contributed by atoms with E-state index in [4.69, 9.17) is 4.74 Å². The number of hydrogen-bond acceptors (Lipinski definition) is 6. The van der Waals surface area contributed by atoms with Crippen LogP contribution in [0.3, 0.4) is 0 Å². The summed E-state index contributed by atoms with van der Waals surface area (Å²) >= 11 is 0. The van der Waals surface area contributed by atoms with E-state index in [1.807, 2.05) is 51.1 Å². The minimum absolute atomic E-state index is 0.0351. The lowest BCUT2D eigenvalue weighted by molar-refractivity contribution is 0.0144. The van der Waals surface area contributed by atoms with Gasteiger partial charge in [-0.2, -0.15) is 0 Å². The first-order chi connectivity index (χ1) is 17.6. The summed E-state index contributed by atoms with van der Waals surface area (Å²) in [5.74, 6) is -0.603. The number of rotatable bonds is 9. The number of amides is 2. The minimum Gasteiger partial charge on any atom is -0.444 e. The van der Waals surface area contributed by atoms with E-state index in [1.165, 1.54) is 17.7 Å². The number of ether oxygens (including phenoxy) is 1. The van der Waals surface area contributed by atoms with E-state index < -0.39 is 17.1 Å². The summed E-state index contributed by atoms with van der Waals surface area (Å²) in [6.07, 6.45) is 3.14. The lowest BCUT2D eigenvalue weighted by Crippen LogP contribution is -2.50. The molecule has 200 valence electrons. The molecule has 0 saturated carbocycles. The van der Waals surface area contributed by atoms with Crippen LogP contribution in [0.1, 0.15) is 66.3 Å². The number of hydrogen-bond donors (Lipinski definition) is 1. The molecule has 3 rings (SSSR count). The molecule has 0 aliphatic carbocycles. The fourth-order valence-corrected chi connectivity index (χ4v) is 4.23. The number of pyridine rings is 1. The summed E-state index contributed by atoms with van der Waals surface area (Å²) in [7, 11) is 1.46. The molecule has 2 amide bonds. The standard InChI is InChI=1S/C28H38N4O5/c1-28(2,3)37-27(36)31-16-14-30(15-17-31)13-9-8-12-24(33)22-18-23(25(34)29-4)26(35)32(20-22)19-21-10-6-5-7-11-21/h5-7,10-11,18,20H,8-9,12-17,19H2,1-4H3,(H,29,34). The van der Waals surface area contributed by atoms with E-state index in [0.717, 1.165) is 31.6 Å². The van der Waals surface area contributed by atoms with Gasteiger partial charge in [-0.15, -0.1) is 0 Å². The summed E-state index contributed by atoms with van der Waals surface area (Å²) in [4.78, 5) is 54.4. The molecule has 9 nitrogen and oxygen atoms in total. The second-order valence-electron chi connectivity index (χ2n) is 10.3. The molecule has 0 atom stereocenters. The second-order valence-corrected chi connectivity index (χ2v) is 10.3. The molecule has 2 aromatic rings. The molecule has 0 radical (unpaired) electrons. The number of benzene rings is 1. The molecular weight excluding hydrogens is 472 g/mol. The van der Waals surface area contributed by atoms with E-state index in [0.29, 0.717) is 31.5 Å². The van der Waals surface area contributed by atoms with Crippen molar-refractivity contribution in [1.29, 1.82) is 0 Å². The molecule has 1 saturated heterocycles. The highest BCUT2D eigenvalue weighted by Crippen LogP contribution is 2.14. The number of nitrogens with one attached hydrogen (secondary N) is 1. The summed E-state index contributed by atoms with van der Waals surface area (Å²) in [6, 6.07) is 10.9. The number of ketones is 1. The summed E-state index contributed by atoms with van der Waals surface area (Å²) in [5, 5.41) is 2.49.